The Balaban J connectivity index is 1.25. The van der Waals surface area contributed by atoms with Crippen molar-refractivity contribution in [2.24, 2.45) is 0 Å². The van der Waals surface area contributed by atoms with Crippen LogP contribution in [-0.2, 0) is 0 Å². The number of nitrogens with one attached hydrogen (secondary N) is 2. The standard InChI is InChI=1S/C23H28F2N8/c1-2-8-31-9-6-17(7-10-31)32-13-18(14-32)33-15-20(22(30-33)23(24)25)29-21-5-3-4-19(28-21)16-11-26-27-12-16/h2-5,8,11-12,15,17-18,23H,6-7,9-10,13-14H2,1H3,(H,26,27)(H,28,29). The molecule has 0 amide bonds. The molecule has 174 valence electrons. The van der Waals surface area contributed by atoms with Crippen LogP contribution < -0.4 is 5.32 Å². The van der Waals surface area contributed by atoms with Crippen LogP contribution in [0.15, 0.2) is 49.1 Å². The van der Waals surface area contributed by atoms with E-state index in [9.17, 15) is 8.78 Å². The van der Waals surface area contributed by atoms with Crippen LogP contribution in [0.2, 0.25) is 0 Å². The first-order chi connectivity index (χ1) is 16.1. The van der Waals surface area contributed by atoms with Gasteiger partial charge in [-0.05, 0) is 38.1 Å². The van der Waals surface area contributed by atoms with Gasteiger partial charge in [-0.3, -0.25) is 14.7 Å². The minimum Gasteiger partial charge on any atom is -0.378 e. The van der Waals surface area contributed by atoms with E-state index in [1.807, 2.05) is 19.1 Å². The van der Waals surface area contributed by atoms with Crippen LogP contribution >= 0.6 is 0 Å². The van der Waals surface area contributed by atoms with Crippen molar-refractivity contribution in [3.8, 4) is 11.3 Å². The van der Waals surface area contributed by atoms with Crippen molar-refractivity contribution < 1.29 is 8.78 Å². The van der Waals surface area contributed by atoms with Gasteiger partial charge in [0.05, 0.1) is 23.6 Å². The number of likely N-dealkylation sites (tertiary alicyclic amines) is 2. The fraction of sp³-hybridized carbons (Fsp3) is 0.435. The van der Waals surface area contributed by atoms with Crippen LogP contribution in [0.3, 0.4) is 0 Å². The molecule has 0 unspecified atom stereocenters. The topological polar surface area (TPSA) is 77.9 Å². The van der Waals surface area contributed by atoms with Crippen molar-refractivity contribution in [2.75, 3.05) is 31.5 Å². The lowest BCUT2D eigenvalue weighted by atomic mass is 9.98. The lowest BCUT2D eigenvalue weighted by molar-refractivity contribution is 0.0262. The number of H-pyrrole nitrogens is 1. The summed E-state index contributed by atoms with van der Waals surface area (Å²) < 4.78 is 29.1. The van der Waals surface area contributed by atoms with E-state index >= 15 is 0 Å². The molecule has 2 N–H and O–H groups in total. The molecular weight excluding hydrogens is 426 g/mol. The Morgan fingerprint density at radius 3 is 2.70 bits per heavy atom. The molecule has 10 heteroatoms. The van der Waals surface area contributed by atoms with Crippen LogP contribution in [0.4, 0.5) is 20.3 Å². The summed E-state index contributed by atoms with van der Waals surface area (Å²) in [7, 11) is 0. The summed E-state index contributed by atoms with van der Waals surface area (Å²) in [5, 5.41) is 14.0. The normalized spacial score (nSPS) is 18.4. The highest BCUT2D eigenvalue weighted by molar-refractivity contribution is 5.63. The minimum atomic E-state index is -2.67. The molecule has 0 aromatic carbocycles. The van der Waals surface area contributed by atoms with Crippen LogP contribution in [0.1, 0.15) is 37.9 Å². The van der Waals surface area contributed by atoms with Crippen molar-refractivity contribution in [3.05, 3.63) is 54.8 Å². The van der Waals surface area contributed by atoms with Crippen LogP contribution in [0, 0.1) is 0 Å². The maximum atomic E-state index is 13.7. The van der Waals surface area contributed by atoms with Gasteiger partial charge in [0.25, 0.3) is 6.43 Å². The number of rotatable bonds is 7. The average molecular weight is 455 g/mol. The lowest BCUT2D eigenvalue weighted by Gasteiger charge is -2.47. The summed E-state index contributed by atoms with van der Waals surface area (Å²) in [6.45, 7) is 5.84. The fourth-order valence-electron chi connectivity index (χ4n) is 4.61. The third-order valence-electron chi connectivity index (χ3n) is 6.41. The molecule has 0 spiro atoms. The molecule has 5 heterocycles. The predicted molar refractivity (Wildman–Crippen MR) is 122 cm³/mol. The molecule has 5 rings (SSSR count). The zero-order chi connectivity index (χ0) is 22.8. The summed E-state index contributed by atoms with van der Waals surface area (Å²) in [6, 6.07) is 6.09. The van der Waals surface area contributed by atoms with Gasteiger partial charge >= 0.3 is 0 Å². The second kappa shape index (κ2) is 9.30. The van der Waals surface area contributed by atoms with Gasteiger partial charge in [0.2, 0.25) is 0 Å². The zero-order valence-electron chi connectivity index (χ0n) is 18.5. The van der Waals surface area contributed by atoms with E-state index in [-0.39, 0.29) is 11.7 Å². The largest absolute Gasteiger partial charge is 0.378 e. The second-order valence-electron chi connectivity index (χ2n) is 8.59. The van der Waals surface area contributed by atoms with Gasteiger partial charge in [0.15, 0.2) is 5.69 Å². The average Bonchev–Trinajstić information content (AvgIpc) is 3.45. The minimum absolute atomic E-state index is 0.108. The van der Waals surface area contributed by atoms with Crippen LogP contribution in [0.5, 0.6) is 0 Å². The highest BCUT2D eigenvalue weighted by atomic mass is 19.3. The van der Waals surface area contributed by atoms with Gasteiger partial charge in [-0.15, -0.1) is 0 Å². The summed E-state index contributed by atoms with van der Waals surface area (Å²) in [5.41, 5.74) is 1.58. The first-order valence-corrected chi connectivity index (χ1v) is 11.3. The number of pyridine rings is 1. The van der Waals surface area contributed by atoms with E-state index in [1.165, 1.54) is 0 Å². The van der Waals surface area contributed by atoms with Gasteiger partial charge in [-0.1, -0.05) is 12.1 Å². The Morgan fingerprint density at radius 2 is 2.00 bits per heavy atom. The number of allylic oxidation sites excluding steroid dienone is 1. The molecular formula is C23H28F2N8. The first-order valence-electron chi connectivity index (χ1n) is 11.3. The van der Waals surface area contributed by atoms with Gasteiger partial charge in [-0.2, -0.15) is 10.2 Å². The number of hydrogen-bond donors (Lipinski definition) is 2. The molecule has 0 bridgehead atoms. The Labute approximate surface area is 191 Å². The molecule has 2 aliphatic heterocycles. The summed E-state index contributed by atoms with van der Waals surface area (Å²) in [4.78, 5) is 9.32. The second-order valence-corrected chi connectivity index (χ2v) is 8.59. The van der Waals surface area contributed by atoms with E-state index in [1.54, 1.807) is 29.3 Å². The molecule has 3 aromatic rings. The summed E-state index contributed by atoms with van der Waals surface area (Å²) >= 11 is 0. The van der Waals surface area contributed by atoms with E-state index in [2.05, 4.69) is 47.7 Å². The first kappa shape index (κ1) is 21.6. The van der Waals surface area contributed by atoms with Crippen molar-refractivity contribution in [3.63, 3.8) is 0 Å². The van der Waals surface area contributed by atoms with E-state index < -0.39 is 6.43 Å². The maximum Gasteiger partial charge on any atom is 0.284 e. The number of anilines is 2. The highest BCUT2D eigenvalue weighted by Gasteiger charge is 2.36. The fourth-order valence-corrected chi connectivity index (χ4v) is 4.61. The number of nitrogens with zero attached hydrogens (tertiary/aromatic N) is 6. The molecule has 33 heavy (non-hydrogen) atoms. The molecule has 0 aliphatic carbocycles. The van der Waals surface area contributed by atoms with E-state index in [4.69, 9.17) is 0 Å². The molecule has 3 aromatic heterocycles. The van der Waals surface area contributed by atoms with E-state index in [0.29, 0.717) is 23.2 Å². The summed E-state index contributed by atoms with van der Waals surface area (Å²) in [6.07, 6.45) is 8.91. The Morgan fingerprint density at radius 1 is 1.18 bits per heavy atom. The van der Waals surface area contributed by atoms with Crippen molar-refractivity contribution in [1.82, 2.24) is 34.8 Å². The number of aromatic nitrogens is 5. The quantitative estimate of drug-likeness (QED) is 0.557. The van der Waals surface area contributed by atoms with Gasteiger partial charge in [0, 0.05) is 50.2 Å². The van der Waals surface area contributed by atoms with Crippen molar-refractivity contribution in [2.45, 2.75) is 38.3 Å². The van der Waals surface area contributed by atoms with Crippen LogP contribution in [-0.4, -0.2) is 67.0 Å². The van der Waals surface area contributed by atoms with Gasteiger partial charge < -0.3 is 10.2 Å². The number of alkyl halides is 2. The SMILES string of the molecule is CC=CN1CCC(N2CC(n3cc(Nc4cccc(-c5cn[nH]c5)n4)c(C(F)F)n3)C2)CC1. The monoisotopic (exact) mass is 454 g/mol. The molecule has 2 fully saturated rings. The predicted octanol–water partition coefficient (Wildman–Crippen LogP) is 4.20. The molecule has 0 radical (unpaired) electrons. The van der Waals surface area contributed by atoms with Gasteiger partial charge in [0.1, 0.15) is 5.82 Å². The maximum absolute atomic E-state index is 13.7. The van der Waals surface area contributed by atoms with Crippen molar-refractivity contribution in [1.29, 1.82) is 0 Å². The number of aromatic amines is 1. The highest BCUT2D eigenvalue weighted by Crippen LogP contribution is 2.33. The summed E-state index contributed by atoms with van der Waals surface area (Å²) in [5.74, 6) is 0.485. The molecule has 2 saturated heterocycles. The third kappa shape index (κ3) is 4.61. The van der Waals surface area contributed by atoms with Crippen LogP contribution in [0.25, 0.3) is 11.3 Å². The van der Waals surface area contributed by atoms with Crippen molar-refractivity contribution >= 4 is 11.5 Å². The molecule has 0 atom stereocenters. The lowest BCUT2D eigenvalue weighted by Crippen LogP contribution is -2.55. The Kier molecular flexibility index (Phi) is 6.08. The third-order valence-corrected chi connectivity index (χ3v) is 6.41. The Bertz CT molecular complexity index is 1080. The molecule has 2 aliphatic rings. The zero-order valence-corrected chi connectivity index (χ0v) is 18.5. The number of hydrogen-bond acceptors (Lipinski definition) is 6. The van der Waals surface area contributed by atoms with Gasteiger partial charge in [-0.25, -0.2) is 13.8 Å². The smallest absolute Gasteiger partial charge is 0.284 e. The number of piperidine rings is 1. The number of halogens is 2. The molecule has 8 nitrogen and oxygen atoms in total. The molecule has 0 saturated carbocycles. The van der Waals surface area contributed by atoms with E-state index in [0.717, 1.165) is 44.6 Å². The Hall–Kier alpha value is -3.27.